The number of rotatable bonds is 4. The van der Waals surface area contributed by atoms with Crippen molar-refractivity contribution < 1.29 is 27.1 Å². The quantitative estimate of drug-likeness (QED) is 0.487. The van der Waals surface area contributed by atoms with Crippen molar-refractivity contribution in [3.8, 4) is 5.75 Å². The van der Waals surface area contributed by atoms with E-state index in [0.717, 1.165) is 5.56 Å². The van der Waals surface area contributed by atoms with Gasteiger partial charge in [-0.15, -0.1) is 15.3 Å². The lowest BCUT2D eigenvalue weighted by Crippen LogP contribution is -2.34. The van der Waals surface area contributed by atoms with E-state index in [2.05, 4.69) is 20.0 Å². The number of fused-ring (bicyclic) bond motifs is 1. The minimum absolute atomic E-state index is 0.0177. The maximum Gasteiger partial charge on any atom is 0.453 e. The molecular formula is C18H15F4N5O2. The van der Waals surface area contributed by atoms with E-state index in [4.69, 9.17) is 0 Å². The summed E-state index contributed by atoms with van der Waals surface area (Å²) >= 11 is 0. The van der Waals surface area contributed by atoms with Crippen LogP contribution in [-0.4, -0.2) is 39.4 Å². The van der Waals surface area contributed by atoms with E-state index in [1.165, 1.54) is 18.2 Å². The van der Waals surface area contributed by atoms with E-state index in [1.807, 2.05) is 4.90 Å². The summed E-state index contributed by atoms with van der Waals surface area (Å²) in [5.74, 6) is -1.44. The predicted octanol–water partition coefficient (Wildman–Crippen LogP) is 3.20. The summed E-state index contributed by atoms with van der Waals surface area (Å²) in [6.07, 6.45) is -3.31. The first kappa shape index (κ1) is 19.1. The highest BCUT2D eigenvalue weighted by Gasteiger charge is 2.38. The van der Waals surface area contributed by atoms with Gasteiger partial charge in [0, 0.05) is 13.1 Å². The van der Waals surface area contributed by atoms with Crippen molar-refractivity contribution in [1.29, 1.82) is 0 Å². The zero-order valence-electron chi connectivity index (χ0n) is 14.9. The summed E-state index contributed by atoms with van der Waals surface area (Å²) in [5, 5.41) is 10.7. The van der Waals surface area contributed by atoms with E-state index in [0.29, 0.717) is 36.3 Å². The number of carbonyl (C=O) groups is 1. The van der Waals surface area contributed by atoms with Gasteiger partial charge < -0.3 is 9.64 Å². The highest BCUT2D eigenvalue weighted by Crippen LogP contribution is 2.33. The lowest BCUT2D eigenvalue weighted by molar-refractivity contribution is -0.146. The molecule has 0 spiro atoms. The Morgan fingerprint density at radius 1 is 1.10 bits per heavy atom. The van der Waals surface area contributed by atoms with Gasteiger partial charge in [0.2, 0.25) is 0 Å². The molecule has 1 aliphatic heterocycles. The number of halogens is 4. The van der Waals surface area contributed by atoms with Crippen molar-refractivity contribution in [1.82, 2.24) is 19.8 Å². The van der Waals surface area contributed by atoms with Gasteiger partial charge in [-0.3, -0.25) is 4.79 Å². The summed E-state index contributed by atoms with van der Waals surface area (Å²) in [7, 11) is 0. The highest BCUT2D eigenvalue weighted by atomic mass is 19.4. The molecule has 0 bridgehead atoms. The lowest BCUT2D eigenvalue weighted by Gasteiger charge is -2.33. The molecule has 11 heteroatoms. The topological polar surface area (TPSA) is 72.6 Å². The third-order valence-electron chi connectivity index (χ3n) is 4.92. The number of alkyl halides is 3. The molecule has 3 heterocycles. The lowest BCUT2D eigenvalue weighted by atomic mass is 9.89. The van der Waals surface area contributed by atoms with Gasteiger partial charge in [0.1, 0.15) is 5.82 Å². The van der Waals surface area contributed by atoms with Crippen molar-refractivity contribution >= 4 is 17.9 Å². The average molecular weight is 409 g/mol. The molecule has 0 atom stereocenters. The van der Waals surface area contributed by atoms with Crippen LogP contribution in [-0.2, 0) is 11.0 Å². The first-order valence-corrected chi connectivity index (χ1v) is 8.81. The van der Waals surface area contributed by atoms with Crippen LogP contribution in [0.5, 0.6) is 5.75 Å². The van der Waals surface area contributed by atoms with E-state index in [1.54, 1.807) is 12.1 Å². The monoisotopic (exact) mass is 409 g/mol. The number of aromatic nitrogens is 4. The van der Waals surface area contributed by atoms with E-state index >= 15 is 0 Å². The third-order valence-corrected chi connectivity index (χ3v) is 4.92. The molecular weight excluding hydrogens is 394 g/mol. The molecule has 3 aromatic rings. The Labute approximate surface area is 161 Å². The van der Waals surface area contributed by atoms with Crippen molar-refractivity contribution in [3.63, 3.8) is 0 Å². The van der Waals surface area contributed by atoms with Crippen LogP contribution in [0.2, 0.25) is 0 Å². The van der Waals surface area contributed by atoms with Crippen LogP contribution in [0.25, 0.3) is 5.65 Å². The van der Waals surface area contributed by atoms with Crippen LogP contribution in [0.1, 0.15) is 30.1 Å². The summed E-state index contributed by atoms with van der Waals surface area (Å²) in [6, 6.07) is 7.51. The second-order valence-corrected chi connectivity index (χ2v) is 6.65. The Balaban J connectivity index is 1.50. The predicted molar refractivity (Wildman–Crippen MR) is 93.1 cm³/mol. The van der Waals surface area contributed by atoms with Gasteiger partial charge in [0.15, 0.2) is 17.2 Å². The number of hydrogen-bond donors (Lipinski definition) is 0. The normalized spacial score (nSPS) is 15.7. The second kappa shape index (κ2) is 7.30. The average Bonchev–Trinajstić information content (AvgIpc) is 3.13. The van der Waals surface area contributed by atoms with Crippen LogP contribution < -0.4 is 9.64 Å². The molecule has 0 aliphatic carbocycles. The zero-order chi connectivity index (χ0) is 20.6. The Morgan fingerprint density at radius 2 is 1.86 bits per heavy atom. The standard InChI is InChI=1S/C18H15F4N5O2/c19-13-9-12(1-2-14(13)29-10-28)11-5-7-26(8-6-11)16-4-3-15-23-24-17(18(20,21)22)27(15)25-16/h1-4,9-11H,5-8H2. The van der Waals surface area contributed by atoms with Crippen molar-refractivity contribution in [2.24, 2.45) is 0 Å². The number of hydrogen-bond acceptors (Lipinski definition) is 6. The molecule has 1 saturated heterocycles. The van der Waals surface area contributed by atoms with Crippen molar-refractivity contribution in [2.75, 3.05) is 18.0 Å². The Morgan fingerprint density at radius 3 is 2.52 bits per heavy atom. The van der Waals surface area contributed by atoms with Gasteiger partial charge in [-0.1, -0.05) is 6.07 Å². The molecule has 0 saturated carbocycles. The first-order chi connectivity index (χ1) is 13.9. The fourth-order valence-corrected chi connectivity index (χ4v) is 3.48. The molecule has 7 nitrogen and oxygen atoms in total. The molecule has 29 heavy (non-hydrogen) atoms. The summed E-state index contributed by atoms with van der Waals surface area (Å²) in [5.41, 5.74) is 0.797. The minimum atomic E-state index is -4.65. The Kier molecular flexibility index (Phi) is 4.81. The van der Waals surface area contributed by atoms with Crippen LogP contribution in [0.4, 0.5) is 23.4 Å². The van der Waals surface area contributed by atoms with Gasteiger partial charge in [0.05, 0.1) is 0 Å². The van der Waals surface area contributed by atoms with Gasteiger partial charge in [-0.05, 0) is 48.6 Å². The van der Waals surface area contributed by atoms with E-state index in [-0.39, 0.29) is 23.8 Å². The molecule has 4 rings (SSSR count). The largest absolute Gasteiger partial charge is 0.453 e. The molecule has 0 N–H and O–H groups in total. The fourth-order valence-electron chi connectivity index (χ4n) is 3.48. The van der Waals surface area contributed by atoms with Gasteiger partial charge in [-0.25, -0.2) is 4.39 Å². The molecule has 0 radical (unpaired) electrons. The summed E-state index contributed by atoms with van der Waals surface area (Å²) < 4.78 is 58.3. The van der Waals surface area contributed by atoms with Gasteiger partial charge in [0.25, 0.3) is 12.3 Å². The van der Waals surface area contributed by atoms with Gasteiger partial charge in [-0.2, -0.15) is 17.7 Å². The third kappa shape index (κ3) is 3.71. The number of anilines is 1. The van der Waals surface area contributed by atoms with Crippen molar-refractivity contribution in [3.05, 3.63) is 47.5 Å². The Hall–Kier alpha value is -3.24. The smallest absolute Gasteiger partial charge is 0.426 e. The van der Waals surface area contributed by atoms with Crippen molar-refractivity contribution in [2.45, 2.75) is 24.9 Å². The molecule has 152 valence electrons. The van der Waals surface area contributed by atoms with Crippen LogP contribution in [0.15, 0.2) is 30.3 Å². The molecule has 0 amide bonds. The molecule has 2 aromatic heterocycles. The molecule has 1 aromatic carbocycles. The van der Waals surface area contributed by atoms with Crippen LogP contribution in [0.3, 0.4) is 0 Å². The SMILES string of the molecule is O=COc1ccc(C2CCN(c3ccc4nnc(C(F)(F)F)n4n3)CC2)cc1F. The van der Waals surface area contributed by atoms with Crippen LogP contribution >= 0.6 is 0 Å². The number of piperidine rings is 1. The number of ether oxygens (including phenoxy) is 1. The molecule has 1 aliphatic rings. The number of benzene rings is 1. The summed E-state index contributed by atoms with van der Waals surface area (Å²) in [4.78, 5) is 12.2. The minimum Gasteiger partial charge on any atom is -0.426 e. The molecule has 1 fully saturated rings. The maximum atomic E-state index is 14.0. The summed E-state index contributed by atoms with van der Waals surface area (Å²) in [6.45, 7) is 1.25. The zero-order valence-corrected chi connectivity index (χ0v) is 14.9. The van der Waals surface area contributed by atoms with Gasteiger partial charge >= 0.3 is 6.18 Å². The first-order valence-electron chi connectivity index (χ1n) is 8.81. The maximum absolute atomic E-state index is 14.0. The highest BCUT2D eigenvalue weighted by molar-refractivity contribution is 5.47. The second-order valence-electron chi connectivity index (χ2n) is 6.65. The molecule has 0 unspecified atom stereocenters. The fraction of sp³-hybridized carbons (Fsp3) is 0.333. The Bertz CT molecular complexity index is 1040. The van der Waals surface area contributed by atoms with E-state index in [9.17, 15) is 22.4 Å². The number of nitrogens with zero attached hydrogens (tertiary/aromatic N) is 5. The van der Waals surface area contributed by atoms with E-state index < -0.39 is 17.8 Å². The number of carbonyl (C=O) groups excluding carboxylic acids is 1. The van der Waals surface area contributed by atoms with Crippen LogP contribution in [0, 0.1) is 5.82 Å².